The lowest BCUT2D eigenvalue weighted by molar-refractivity contribution is -0.118. The van der Waals surface area contributed by atoms with Gasteiger partial charge in [0.2, 0.25) is 5.91 Å². The van der Waals surface area contributed by atoms with Gasteiger partial charge in [0.1, 0.15) is 13.2 Å². The summed E-state index contributed by atoms with van der Waals surface area (Å²) in [5.74, 6) is 0.941. The third-order valence-corrected chi connectivity index (χ3v) is 3.22. The SMILES string of the molecule is CC(C)[C@@H](N)C(=O)Nc1cc2c(cc1Cl)OCCO2. The van der Waals surface area contributed by atoms with Crippen molar-refractivity contribution in [3.63, 3.8) is 0 Å². The summed E-state index contributed by atoms with van der Waals surface area (Å²) < 4.78 is 10.8. The molecule has 0 unspecified atom stereocenters. The second-order valence-electron chi connectivity index (χ2n) is 4.73. The fourth-order valence-electron chi connectivity index (χ4n) is 1.68. The molecule has 3 N–H and O–H groups in total. The standard InChI is InChI=1S/C13H17ClN2O3/c1-7(2)12(15)13(17)16-9-6-11-10(5-8(9)14)18-3-4-19-11/h5-7,12H,3-4,15H2,1-2H3,(H,16,17)/t12-/m1/s1. The number of ether oxygens (including phenoxy) is 2. The average Bonchev–Trinajstić information content (AvgIpc) is 2.38. The Morgan fingerprint density at radius 1 is 1.32 bits per heavy atom. The third kappa shape index (κ3) is 3.11. The highest BCUT2D eigenvalue weighted by Gasteiger charge is 2.20. The van der Waals surface area contributed by atoms with Crippen molar-refractivity contribution in [3.8, 4) is 11.5 Å². The van der Waals surface area contributed by atoms with E-state index < -0.39 is 6.04 Å². The van der Waals surface area contributed by atoms with Gasteiger partial charge in [0, 0.05) is 12.1 Å². The lowest BCUT2D eigenvalue weighted by Crippen LogP contribution is -2.39. The first-order valence-electron chi connectivity index (χ1n) is 6.14. The van der Waals surface area contributed by atoms with Gasteiger partial charge in [-0.15, -0.1) is 0 Å². The van der Waals surface area contributed by atoms with Crippen LogP contribution in [0.1, 0.15) is 13.8 Å². The molecule has 0 spiro atoms. The summed E-state index contributed by atoms with van der Waals surface area (Å²) in [5, 5.41) is 3.11. The van der Waals surface area contributed by atoms with Crippen molar-refractivity contribution < 1.29 is 14.3 Å². The van der Waals surface area contributed by atoms with Gasteiger partial charge in [0.05, 0.1) is 16.8 Å². The number of carbonyl (C=O) groups excluding carboxylic acids is 1. The molecule has 1 atom stereocenters. The molecular formula is C13H17ClN2O3. The third-order valence-electron chi connectivity index (χ3n) is 2.91. The minimum absolute atomic E-state index is 0.0518. The topological polar surface area (TPSA) is 73.6 Å². The first kappa shape index (κ1) is 14.0. The molecule has 0 aliphatic carbocycles. The predicted octanol–water partition coefficient (Wildman–Crippen LogP) is 2.03. The van der Waals surface area contributed by atoms with Gasteiger partial charge >= 0.3 is 0 Å². The van der Waals surface area contributed by atoms with E-state index in [2.05, 4.69) is 5.32 Å². The predicted molar refractivity (Wildman–Crippen MR) is 73.9 cm³/mol. The molecule has 1 aromatic carbocycles. The van der Waals surface area contributed by atoms with Crippen LogP contribution in [0.3, 0.4) is 0 Å². The Kier molecular flexibility index (Phi) is 4.17. The van der Waals surface area contributed by atoms with Crippen LogP contribution < -0.4 is 20.5 Å². The monoisotopic (exact) mass is 284 g/mol. The van der Waals surface area contributed by atoms with E-state index in [0.717, 1.165) is 0 Å². The summed E-state index contributed by atoms with van der Waals surface area (Å²) in [7, 11) is 0. The summed E-state index contributed by atoms with van der Waals surface area (Å²) in [5.41, 5.74) is 6.26. The number of nitrogens with two attached hydrogens (primary N) is 1. The molecule has 1 aromatic rings. The Morgan fingerprint density at radius 3 is 2.47 bits per heavy atom. The second kappa shape index (κ2) is 5.67. The highest BCUT2D eigenvalue weighted by molar-refractivity contribution is 6.34. The van der Waals surface area contributed by atoms with Crippen LogP contribution in [-0.4, -0.2) is 25.2 Å². The molecule has 0 saturated heterocycles. The van der Waals surface area contributed by atoms with Crippen molar-refractivity contribution in [2.75, 3.05) is 18.5 Å². The number of halogens is 1. The first-order valence-corrected chi connectivity index (χ1v) is 6.52. The molecule has 19 heavy (non-hydrogen) atoms. The van der Waals surface area contributed by atoms with E-state index in [1.165, 1.54) is 0 Å². The van der Waals surface area contributed by atoms with Crippen molar-refractivity contribution in [1.82, 2.24) is 0 Å². The van der Waals surface area contributed by atoms with E-state index in [1.54, 1.807) is 12.1 Å². The van der Waals surface area contributed by atoms with Crippen molar-refractivity contribution in [2.45, 2.75) is 19.9 Å². The fourth-order valence-corrected chi connectivity index (χ4v) is 1.88. The summed E-state index contributed by atoms with van der Waals surface area (Å²) in [6, 6.07) is 2.71. The molecule has 104 valence electrons. The number of nitrogens with one attached hydrogen (secondary N) is 1. The highest BCUT2D eigenvalue weighted by atomic mass is 35.5. The Hall–Kier alpha value is -1.46. The van der Waals surface area contributed by atoms with Crippen LogP contribution in [0.5, 0.6) is 11.5 Å². The molecule has 5 nitrogen and oxygen atoms in total. The number of hydrogen-bond acceptors (Lipinski definition) is 4. The van der Waals surface area contributed by atoms with E-state index in [0.29, 0.717) is 35.4 Å². The van der Waals surface area contributed by atoms with E-state index in [4.69, 9.17) is 26.8 Å². The summed E-state index contributed by atoms with van der Waals surface area (Å²) >= 11 is 6.10. The van der Waals surface area contributed by atoms with Crippen molar-refractivity contribution in [1.29, 1.82) is 0 Å². The molecular weight excluding hydrogens is 268 g/mol. The van der Waals surface area contributed by atoms with Gasteiger partial charge in [-0.25, -0.2) is 0 Å². The molecule has 1 heterocycles. The maximum Gasteiger partial charge on any atom is 0.241 e. The summed E-state index contributed by atoms with van der Waals surface area (Å²) in [4.78, 5) is 11.9. The lowest BCUT2D eigenvalue weighted by atomic mass is 10.0. The first-order chi connectivity index (χ1) is 8.99. The Morgan fingerprint density at radius 2 is 1.89 bits per heavy atom. The quantitative estimate of drug-likeness (QED) is 0.891. The lowest BCUT2D eigenvalue weighted by Gasteiger charge is -2.21. The zero-order valence-electron chi connectivity index (χ0n) is 10.9. The summed E-state index contributed by atoms with van der Waals surface area (Å²) in [6.45, 7) is 4.74. The second-order valence-corrected chi connectivity index (χ2v) is 5.14. The largest absolute Gasteiger partial charge is 0.486 e. The number of carbonyl (C=O) groups is 1. The smallest absolute Gasteiger partial charge is 0.241 e. The molecule has 0 saturated carbocycles. The molecule has 2 rings (SSSR count). The van der Waals surface area contributed by atoms with Crippen molar-refractivity contribution in [3.05, 3.63) is 17.2 Å². The number of anilines is 1. The normalized spacial score (nSPS) is 15.2. The molecule has 0 fully saturated rings. The minimum atomic E-state index is -0.579. The number of amides is 1. The van der Waals surface area contributed by atoms with Crippen LogP contribution in [0.25, 0.3) is 0 Å². The average molecular weight is 285 g/mol. The van der Waals surface area contributed by atoms with Crippen molar-refractivity contribution >= 4 is 23.2 Å². The molecule has 6 heteroatoms. The van der Waals surface area contributed by atoms with Gasteiger partial charge in [-0.2, -0.15) is 0 Å². The van der Waals surface area contributed by atoms with E-state index >= 15 is 0 Å². The van der Waals surface area contributed by atoms with Crippen LogP contribution in [0.2, 0.25) is 5.02 Å². The number of rotatable bonds is 3. The molecule has 1 aliphatic heterocycles. The zero-order valence-corrected chi connectivity index (χ0v) is 11.7. The van der Waals surface area contributed by atoms with Gasteiger partial charge in [0.15, 0.2) is 11.5 Å². The van der Waals surface area contributed by atoms with Crippen LogP contribution >= 0.6 is 11.6 Å². The Balaban J connectivity index is 2.19. The van der Waals surface area contributed by atoms with Crippen molar-refractivity contribution in [2.24, 2.45) is 11.7 Å². The zero-order chi connectivity index (χ0) is 14.0. The van der Waals surface area contributed by atoms with Crippen LogP contribution in [0.15, 0.2) is 12.1 Å². The number of benzene rings is 1. The number of fused-ring (bicyclic) bond motifs is 1. The van der Waals surface area contributed by atoms with Gasteiger partial charge in [-0.1, -0.05) is 25.4 Å². The molecule has 1 aliphatic rings. The highest BCUT2D eigenvalue weighted by Crippen LogP contribution is 2.37. The van der Waals surface area contributed by atoms with Gasteiger partial charge in [-0.3, -0.25) is 4.79 Å². The molecule has 1 amide bonds. The molecule has 0 radical (unpaired) electrons. The maximum atomic E-state index is 11.9. The molecule has 0 aromatic heterocycles. The van der Waals surface area contributed by atoms with E-state index in [1.807, 2.05) is 13.8 Å². The van der Waals surface area contributed by atoms with Gasteiger partial charge in [-0.05, 0) is 5.92 Å². The minimum Gasteiger partial charge on any atom is -0.486 e. The van der Waals surface area contributed by atoms with E-state index in [9.17, 15) is 4.79 Å². The van der Waals surface area contributed by atoms with Crippen LogP contribution in [0.4, 0.5) is 5.69 Å². The maximum absolute atomic E-state index is 11.9. The molecule has 0 bridgehead atoms. The number of hydrogen-bond donors (Lipinski definition) is 2. The fraction of sp³-hybridized carbons (Fsp3) is 0.462. The Bertz CT molecular complexity index is 491. The van der Waals surface area contributed by atoms with E-state index in [-0.39, 0.29) is 11.8 Å². The summed E-state index contributed by atoms with van der Waals surface area (Å²) in [6.07, 6.45) is 0. The van der Waals surface area contributed by atoms with Gasteiger partial charge < -0.3 is 20.5 Å². The van der Waals surface area contributed by atoms with Crippen LogP contribution in [0, 0.1) is 5.92 Å². The van der Waals surface area contributed by atoms with Gasteiger partial charge in [0.25, 0.3) is 0 Å². The Labute approximate surface area is 117 Å². The van der Waals surface area contributed by atoms with Crippen LogP contribution in [-0.2, 0) is 4.79 Å².